The molecule has 0 atom stereocenters. The number of sulfonamides is 1. The Bertz CT molecular complexity index is 1100. The second kappa shape index (κ2) is 6.92. The van der Waals surface area contributed by atoms with Crippen molar-refractivity contribution in [2.24, 2.45) is 0 Å². The van der Waals surface area contributed by atoms with Gasteiger partial charge >= 0.3 is 0 Å². The Morgan fingerprint density at radius 3 is 2.56 bits per heavy atom. The van der Waals surface area contributed by atoms with Crippen molar-refractivity contribution in [3.05, 3.63) is 41.0 Å². The number of H-pyrrole nitrogens is 1. The molecule has 4 rings (SSSR count). The summed E-state index contributed by atoms with van der Waals surface area (Å²) >= 11 is 3.40. The number of anilines is 1. The van der Waals surface area contributed by atoms with Crippen molar-refractivity contribution in [3.8, 4) is 11.3 Å². The van der Waals surface area contributed by atoms with Gasteiger partial charge in [0.15, 0.2) is 0 Å². The number of hydrogen-bond donors (Lipinski definition) is 1. The van der Waals surface area contributed by atoms with Crippen LogP contribution in [-0.2, 0) is 10.0 Å². The molecule has 3 aromatic rings. The molecule has 3 heterocycles. The van der Waals surface area contributed by atoms with Crippen molar-refractivity contribution in [1.29, 1.82) is 0 Å². The van der Waals surface area contributed by atoms with E-state index in [0.717, 1.165) is 58.5 Å². The van der Waals surface area contributed by atoms with Crippen LogP contribution < -0.4 is 4.90 Å². The average molecular weight is 449 g/mol. The highest BCUT2D eigenvalue weighted by Crippen LogP contribution is 2.36. The first-order chi connectivity index (χ1) is 12.9. The van der Waals surface area contributed by atoms with Gasteiger partial charge in [-0.05, 0) is 65.2 Å². The topological polar surface area (TPSA) is 69.3 Å². The van der Waals surface area contributed by atoms with Gasteiger partial charge < -0.3 is 9.88 Å². The van der Waals surface area contributed by atoms with E-state index in [2.05, 4.69) is 30.8 Å². The number of aromatic amines is 1. The number of nitrogens with one attached hydrogen (secondary N) is 1. The number of nitrogens with zero attached hydrogens (tertiary/aromatic N) is 3. The summed E-state index contributed by atoms with van der Waals surface area (Å²) in [6.07, 6.45) is 2.30. The van der Waals surface area contributed by atoms with Crippen LogP contribution in [0.15, 0.2) is 45.9 Å². The summed E-state index contributed by atoms with van der Waals surface area (Å²) in [6.45, 7) is 1.97. The van der Waals surface area contributed by atoms with Gasteiger partial charge in [-0.3, -0.25) is 0 Å². The van der Waals surface area contributed by atoms with Gasteiger partial charge in [-0.2, -0.15) is 0 Å². The maximum Gasteiger partial charge on any atom is 0.242 e. The molecule has 0 unspecified atom stereocenters. The largest absolute Gasteiger partial charge is 0.371 e. The van der Waals surface area contributed by atoms with Crippen molar-refractivity contribution in [1.82, 2.24) is 14.3 Å². The number of hydrogen-bond acceptors (Lipinski definition) is 4. The van der Waals surface area contributed by atoms with Crippen molar-refractivity contribution in [3.63, 3.8) is 0 Å². The Morgan fingerprint density at radius 2 is 1.85 bits per heavy atom. The van der Waals surface area contributed by atoms with Crippen molar-refractivity contribution in [2.75, 3.05) is 32.1 Å². The summed E-state index contributed by atoms with van der Waals surface area (Å²) in [5, 5.41) is 0.987. The van der Waals surface area contributed by atoms with E-state index in [1.54, 1.807) is 26.2 Å². The number of pyridine rings is 1. The molecule has 0 radical (unpaired) electrons. The molecule has 0 bridgehead atoms. The zero-order valence-corrected chi connectivity index (χ0v) is 17.6. The van der Waals surface area contributed by atoms with Gasteiger partial charge in [-0.15, -0.1) is 0 Å². The number of rotatable bonds is 4. The van der Waals surface area contributed by atoms with E-state index in [4.69, 9.17) is 0 Å². The normalized spacial score (nSPS) is 15.2. The van der Waals surface area contributed by atoms with Crippen molar-refractivity contribution >= 4 is 42.7 Å². The Hall–Kier alpha value is -1.90. The van der Waals surface area contributed by atoms with Gasteiger partial charge in [0.25, 0.3) is 0 Å². The number of benzene rings is 1. The molecule has 0 spiro atoms. The molecule has 1 aliphatic rings. The molecular formula is C19H21BrN4O2S. The highest BCUT2D eigenvalue weighted by Gasteiger charge is 2.23. The predicted molar refractivity (Wildman–Crippen MR) is 112 cm³/mol. The fourth-order valence-electron chi connectivity index (χ4n) is 3.46. The fraction of sp³-hybridized carbons (Fsp3) is 0.316. The van der Waals surface area contributed by atoms with Gasteiger partial charge in [0, 0.05) is 49.5 Å². The Balaban J connectivity index is 1.91. The molecule has 0 aliphatic carbocycles. The van der Waals surface area contributed by atoms with E-state index < -0.39 is 10.0 Å². The summed E-state index contributed by atoms with van der Waals surface area (Å²) < 4.78 is 27.3. The molecule has 1 aromatic carbocycles. The monoisotopic (exact) mass is 448 g/mol. The van der Waals surface area contributed by atoms with Crippen molar-refractivity contribution < 1.29 is 8.42 Å². The van der Waals surface area contributed by atoms with Crippen LogP contribution in [0.25, 0.3) is 22.3 Å². The van der Waals surface area contributed by atoms with Gasteiger partial charge in [-0.25, -0.2) is 17.7 Å². The summed E-state index contributed by atoms with van der Waals surface area (Å²) in [5.74, 6) is 0. The summed E-state index contributed by atoms with van der Waals surface area (Å²) in [6, 6.07) is 11.3. The van der Waals surface area contributed by atoms with E-state index >= 15 is 0 Å². The first-order valence-corrected chi connectivity index (χ1v) is 11.1. The van der Waals surface area contributed by atoms with Crippen LogP contribution in [0.5, 0.6) is 0 Å². The Kier molecular flexibility index (Phi) is 4.73. The van der Waals surface area contributed by atoms with Crippen LogP contribution >= 0.6 is 15.9 Å². The molecule has 142 valence electrons. The van der Waals surface area contributed by atoms with Crippen LogP contribution in [-0.4, -0.2) is 49.9 Å². The van der Waals surface area contributed by atoms with Gasteiger partial charge in [-0.1, -0.05) is 0 Å². The smallest absolute Gasteiger partial charge is 0.242 e. The Labute approximate surface area is 167 Å². The zero-order chi connectivity index (χ0) is 19.2. The third-order valence-electron chi connectivity index (χ3n) is 4.93. The average Bonchev–Trinajstić information content (AvgIpc) is 3.30. The lowest BCUT2D eigenvalue weighted by molar-refractivity contribution is 0.521. The second-order valence-corrected chi connectivity index (χ2v) is 9.88. The molecule has 0 saturated carbocycles. The van der Waals surface area contributed by atoms with Gasteiger partial charge in [0.2, 0.25) is 10.0 Å². The highest BCUT2D eigenvalue weighted by molar-refractivity contribution is 9.10. The molecular weight excluding hydrogens is 428 g/mol. The molecule has 0 amide bonds. The summed E-state index contributed by atoms with van der Waals surface area (Å²) in [5.41, 5.74) is 3.57. The SMILES string of the molecule is CN(C)S(=O)(=O)c1ccc(N2CCCC2)c(-c2cc3ccc(Br)nc3[nH]2)c1. The Morgan fingerprint density at radius 1 is 1.11 bits per heavy atom. The van der Waals surface area contributed by atoms with Crippen LogP contribution in [0.2, 0.25) is 0 Å². The molecule has 2 aromatic heterocycles. The quantitative estimate of drug-likeness (QED) is 0.615. The molecule has 1 fully saturated rings. The molecule has 1 N–H and O–H groups in total. The molecule has 1 saturated heterocycles. The van der Waals surface area contributed by atoms with Gasteiger partial charge in [0.05, 0.1) is 4.90 Å². The maximum absolute atomic E-state index is 12.6. The number of halogens is 1. The molecule has 8 heteroatoms. The van der Waals surface area contributed by atoms with Crippen LogP contribution in [0.1, 0.15) is 12.8 Å². The molecule has 6 nitrogen and oxygen atoms in total. The lowest BCUT2D eigenvalue weighted by Gasteiger charge is -2.22. The lowest BCUT2D eigenvalue weighted by Crippen LogP contribution is -2.23. The minimum Gasteiger partial charge on any atom is -0.371 e. The third kappa shape index (κ3) is 3.37. The fourth-order valence-corrected chi connectivity index (χ4v) is 4.70. The molecule has 27 heavy (non-hydrogen) atoms. The van der Waals surface area contributed by atoms with E-state index in [1.165, 1.54) is 4.31 Å². The van der Waals surface area contributed by atoms with Crippen LogP contribution in [0.4, 0.5) is 5.69 Å². The van der Waals surface area contributed by atoms with Crippen LogP contribution in [0.3, 0.4) is 0 Å². The maximum atomic E-state index is 12.6. The number of aromatic nitrogens is 2. The highest BCUT2D eigenvalue weighted by atomic mass is 79.9. The second-order valence-electron chi connectivity index (χ2n) is 6.92. The first-order valence-electron chi connectivity index (χ1n) is 8.83. The number of fused-ring (bicyclic) bond motifs is 1. The van der Waals surface area contributed by atoms with Gasteiger partial charge in [0.1, 0.15) is 10.3 Å². The van der Waals surface area contributed by atoms with Crippen molar-refractivity contribution in [2.45, 2.75) is 17.7 Å². The minimum absolute atomic E-state index is 0.290. The van der Waals surface area contributed by atoms with E-state index in [0.29, 0.717) is 4.90 Å². The standard InChI is InChI=1S/C19H21BrN4O2S/c1-23(2)27(25,26)14-6-7-17(24-9-3-4-10-24)15(12-14)16-11-13-5-8-18(20)22-19(13)21-16/h5-8,11-12H,3-4,9-10H2,1-2H3,(H,21,22). The lowest BCUT2D eigenvalue weighted by atomic mass is 10.1. The first kappa shape index (κ1) is 18.5. The third-order valence-corrected chi connectivity index (χ3v) is 7.18. The minimum atomic E-state index is -3.51. The van der Waals surface area contributed by atoms with E-state index in [1.807, 2.05) is 24.3 Å². The van der Waals surface area contributed by atoms with E-state index in [9.17, 15) is 8.42 Å². The molecule has 1 aliphatic heterocycles. The summed E-state index contributed by atoms with van der Waals surface area (Å²) in [7, 11) is -0.408. The predicted octanol–water partition coefficient (Wildman–Crippen LogP) is 3.84. The van der Waals surface area contributed by atoms with E-state index in [-0.39, 0.29) is 0 Å². The summed E-state index contributed by atoms with van der Waals surface area (Å²) in [4.78, 5) is 10.4. The van der Waals surface area contributed by atoms with Crippen LogP contribution in [0, 0.1) is 0 Å². The zero-order valence-electron chi connectivity index (χ0n) is 15.2.